The van der Waals surface area contributed by atoms with E-state index in [4.69, 9.17) is 0 Å². The van der Waals surface area contributed by atoms with E-state index < -0.39 is 0 Å². The van der Waals surface area contributed by atoms with Crippen LogP contribution in [0.3, 0.4) is 0 Å². The monoisotopic (exact) mass is 294 g/mol. The molecule has 0 N–H and O–H groups in total. The molecule has 4 nitrogen and oxygen atoms in total. The minimum atomic E-state index is -0.385. The van der Waals surface area contributed by atoms with Crippen molar-refractivity contribution in [2.24, 2.45) is 0 Å². The normalized spacial score (nSPS) is 10.5. The predicted octanol–water partition coefficient (Wildman–Crippen LogP) is 1.86. The van der Waals surface area contributed by atoms with E-state index in [0.29, 0.717) is 5.69 Å². The Morgan fingerprint density at radius 3 is 2.69 bits per heavy atom. The third-order valence-electron chi connectivity index (χ3n) is 1.60. The average Bonchev–Trinajstić information content (AvgIpc) is 2.46. The largest absolute Gasteiger partial charge is 0.464 e. The summed E-state index contributed by atoms with van der Waals surface area (Å²) in [7, 11) is 1.35. The van der Waals surface area contributed by atoms with Crippen LogP contribution in [0.25, 0.3) is 0 Å². The lowest BCUT2D eigenvalue weighted by molar-refractivity contribution is 0.0591. The van der Waals surface area contributed by atoms with Gasteiger partial charge in [-0.3, -0.25) is 4.68 Å². The average molecular weight is 294 g/mol. The molecule has 1 aromatic heterocycles. The van der Waals surface area contributed by atoms with Gasteiger partial charge < -0.3 is 4.74 Å². The number of halogens is 1. The van der Waals surface area contributed by atoms with Crippen molar-refractivity contribution in [3.63, 3.8) is 0 Å². The van der Waals surface area contributed by atoms with E-state index in [9.17, 15) is 4.79 Å². The number of ether oxygens (including phenoxy) is 1. The lowest BCUT2D eigenvalue weighted by Crippen LogP contribution is -2.06. The zero-order valence-corrected chi connectivity index (χ0v) is 9.90. The van der Waals surface area contributed by atoms with Crippen LogP contribution in [-0.2, 0) is 4.74 Å². The zero-order valence-electron chi connectivity index (χ0n) is 7.74. The molecule has 13 heavy (non-hydrogen) atoms. The van der Waals surface area contributed by atoms with Crippen molar-refractivity contribution in [1.82, 2.24) is 9.78 Å². The van der Waals surface area contributed by atoms with Crippen molar-refractivity contribution >= 4 is 28.6 Å². The number of aromatic nitrogens is 2. The second-order valence-electron chi connectivity index (χ2n) is 2.89. The Bertz CT molecular complexity index is 320. The highest BCUT2D eigenvalue weighted by molar-refractivity contribution is 14.1. The second-order valence-corrected chi connectivity index (χ2v) is 4.05. The van der Waals surface area contributed by atoms with Gasteiger partial charge in [-0.05, 0) is 36.4 Å². The molecule has 0 aliphatic heterocycles. The molecule has 1 aromatic rings. The van der Waals surface area contributed by atoms with Crippen LogP contribution >= 0.6 is 22.6 Å². The quantitative estimate of drug-likeness (QED) is 0.617. The van der Waals surface area contributed by atoms with Gasteiger partial charge in [0.05, 0.1) is 10.7 Å². The molecule has 72 valence electrons. The maximum absolute atomic E-state index is 11.2. The summed E-state index contributed by atoms with van der Waals surface area (Å²) in [6, 6.07) is 0.256. The van der Waals surface area contributed by atoms with Crippen LogP contribution in [0.5, 0.6) is 0 Å². The number of nitrogens with zero attached hydrogens (tertiary/aromatic N) is 2. The summed E-state index contributed by atoms with van der Waals surface area (Å²) in [6.07, 6.45) is 1.83. The topological polar surface area (TPSA) is 44.1 Å². The maximum atomic E-state index is 11.2. The molecule has 0 radical (unpaired) electrons. The highest BCUT2D eigenvalue weighted by Crippen LogP contribution is 2.14. The number of carbonyl (C=O) groups excluding carboxylic acids is 1. The molecule has 1 heterocycles. The molecule has 1 rings (SSSR count). The summed E-state index contributed by atoms with van der Waals surface area (Å²) in [5.41, 5.74) is 0.386. The Labute approximate surface area is 90.4 Å². The van der Waals surface area contributed by atoms with Gasteiger partial charge in [0.15, 0.2) is 5.69 Å². The van der Waals surface area contributed by atoms with Gasteiger partial charge in [0.2, 0.25) is 0 Å². The van der Waals surface area contributed by atoms with Crippen molar-refractivity contribution < 1.29 is 9.53 Å². The minimum Gasteiger partial charge on any atom is -0.464 e. The van der Waals surface area contributed by atoms with Gasteiger partial charge in [-0.25, -0.2) is 4.79 Å². The molecule has 0 aromatic carbocycles. The fraction of sp³-hybridized carbons (Fsp3) is 0.500. The van der Waals surface area contributed by atoms with Crippen LogP contribution in [-0.4, -0.2) is 22.9 Å². The number of esters is 1. The molecule has 0 amide bonds. The zero-order chi connectivity index (χ0) is 10.0. The Hall–Kier alpha value is -0.590. The van der Waals surface area contributed by atoms with Crippen LogP contribution < -0.4 is 0 Å². The van der Waals surface area contributed by atoms with Crippen LogP contribution in [0.1, 0.15) is 30.4 Å². The van der Waals surface area contributed by atoms with Crippen molar-refractivity contribution in [2.75, 3.05) is 7.11 Å². The fourth-order valence-corrected chi connectivity index (χ4v) is 1.48. The van der Waals surface area contributed by atoms with E-state index in [1.54, 1.807) is 4.68 Å². The van der Waals surface area contributed by atoms with E-state index in [1.807, 2.05) is 20.0 Å². The highest BCUT2D eigenvalue weighted by Gasteiger charge is 2.15. The van der Waals surface area contributed by atoms with E-state index in [2.05, 4.69) is 32.4 Å². The summed E-state index contributed by atoms with van der Waals surface area (Å²) in [4.78, 5) is 11.2. The van der Waals surface area contributed by atoms with Gasteiger partial charge in [0.1, 0.15) is 0 Å². The first kappa shape index (κ1) is 10.5. The molecule has 0 atom stereocenters. The first-order valence-corrected chi connectivity index (χ1v) is 4.97. The molecule has 0 bridgehead atoms. The lowest BCUT2D eigenvalue weighted by atomic mass is 10.4. The Kier molecular flexibility index (Phi) is 3.29. The maximum Gasteiger partial charge on any atom is 0.359 e. The van der Waals surface area contributed by atoms with Crippen molar-refractivity contribution in [3.05, 3.63) is 15.5 Å². The van der Waals surface area contributed by atoms with E-state index in [-0.39, 0.29) is 12.0 Å². The van der Waals surface area contributed by atoms with Crippen LogP contribution in [0, 0.1) is 3.57 Å². The highest BCUT2D eigenvalue weighted by atomic mass is 127. The summed E-state index contributed by atoms with van der Waals surface area (Å²) < 4.78 is 7.15. The fourth-order valence-electron chi connectivity index (χ4n) is 0.869. The molecular formula is C8H11IN2O2. The number of carbonyl (C=O) groups is 1. The van der Waals surface area contributed by atoms with E-state index >= 15 is 0 Å². The smallest absolute Gasteiger partial charge is 0.359 e. The molecule has 0 spiro atoms. The molecule has 0 saturated heterocycles. The van der Waals surface area contributed by atoms with Crippen LogP contribution in [0.15, 0.2) is 6.20 Å². The van der Waals surface area contributed by atoms with Gasteiger partial charge in [-0.15, -0.1) is 0 Å². The summed E-state index contributed by atoms with van der Waals surface area (Å²) in [6.45, 7) is 4.01. The summed E-state index contributed by atoms with van der Waals surface area (Å²) in [5.74, 6) is -0.385. The van der Waals surface area contributed by atoms with Gasteiger partial charge in [0.25, 0.3) is 0 Å². The van der Waals surface area contributed by atoms with Crippen molar-refractivity contribution in [1.29, 1.82) is 0 Å². The van der Waals surface area contributed by atoms with Crippen LogP contribution in [0.4, 0.5) is 0 Å². The van der Waals surface area contributed by atoms with Gasteiger partial charge in [-0.2, -0.15) is 5.10 Å². The summed E-state index contributed by atoms with van der Waals surface area (Å²) in [5, 5.41) is 4.11. The SMILES string of the molecule is COC(=O)c1nn(C(C)C)cc1I. The Morgan fingerprint density at radius 2 is 2.31 bits per heavy atom. The Balaban J connectivity index is 3.03. The minimum absolute atomic E-state index is 0.256. The molecule has 0 unspecified atom stereocenters. The molecule has 5 heteroatoms. The molecule has 0 fully saturated rings. The van der Waals surface area contributed by atoms with Gasteiger partial charge in [0, 0.05) is 12.2 Å². The number of rotatable bonds is 2. The molecular weight excluding hydrogens is 283 g/mol. The van der Waals surface area contributed by atoms with E-state index in [0.717, 1.165) is 3.57 Å². The molecule has 0 aliphatic carbocycles. The third kappa shape index (κ3) is 2.20. The number of methoxy groups -OCH3 is 1. The van der Waals surface area contributed by atoms with E-state index in [1.165, 1.54) is 7.11 Å². The predicted molar refractivity (Wildman–Crippen MR) is 56.7 cm³/mol. The first-order chi connectivity index (χ1) is 6.06. The number of hydrogen-bond acceptors (Lipinski definition) is 3. The van der Waals surface area contributed by atoms with Gasteiger partial charge >= 0.3 is 5.97 Å². The van der Waals surface area contributed by atoms with Gasteiger partial charge in [-0.1, -0.05) is 0 Å². The molecule has 0 saturated carbocycles. The van der Waals surface area contributed by atoms with Crippen LogP contribution in [0.2, 0.25) is 0 Å². The first-order valence-electron chi connectivity index (χ1n) is 3.89. The molecule has 0 aliphatic rings. The second kappa shape index (κ2) is 4.08. The standard InChI is InChI=1S/C8H11IN2O2/c1-5(2)11-4-6(9)7(10-11)8(12)13-3/h4-5H,1-3H3. The van der Waals surface area contributed by atoms with Crippen molar-refractivity contribution in [2.45, 2.75) is 19.9 Å². The third-order valence-corrected chi connectivity index (χ3v) is 2.38. The Morgan fingerprint density at radius 1 is 1.69 bits per heavy atom. The lowest BCUT2D eigenvalue weighted by Gasteiger charge is -2.02. The number of hydrogen-bond donors (Lipinski definition) is 0. The summed E-state index contributed by atoms with van der Waals surface area (Å²) >= 11 is 2.07. The van der Waals surface area contributed by atoms with Crippen molar-refractivity contribution in [3.8, 4) is 0 Å².